The molecule has 3 aromatic rings. The molecule has 0 aliphatic heterocycles. The number of aromatic nitrogens is 2. The van der Waals surface area contributed by atoms with Gasteiger partial charge in [-0.05, 0) is 49.2 Å². The van der Waals surface area contributed by atoms with Crippen LogP contribution in [0.25, 0.3) is 11.0 Å². The molecule has 2 aromatic carbocycles. The van der Waals surface area contributed by atoms with Crippen molar-refractivity contribution < 1.29 is 13.2 Å². The molecule has 1 saturated carbocycles. The van der Waals surface area contributed by atoms with Gasteiger partial charge in [0.25, 0.3) is 5.91 Å². The Labute approximate surface area is 163 Å². The second-order valence-electron chi connectivity index (χ2n) is 6.97. The van der Waals surface area contributed by atoms with E-state index in [1.165, 1.54) is 18.6 Å². The highest BCUT2D eigenvalue weighted by Gasteiger charge is 2.22. The third-order valence-corrected chi connectivity index (χ3v) is 6.53. The summed E-state index contributed by atoms with van der Waals surface area (Å²) in [5.41, 5.74) is 2.65. The van der Waals surface area contributed by atoms with Crippen LogP contribution in [0.5, 0.6) is 0 Å². The van der Waals surface area contributed by atoms with Gasteiger partial charge in [0, 0.05) is 23.7 Å². The van der Waals surface area contributed by atoms with Gasteiger partial charge in [0.15, 0.2) is 0 Å². The van der Waals surface area contributed by atoms with E-state index < -0.39 is 10.0 Å². The van der Waals surface area contributed by atoms with Gasteiger partial charge in [0.1, 0.15) is 5.82 Å². The lowest BCUT2D eigenvalue weighted by molar-refractivity contribution is 0.102. The maximum absolute atomic E-state index is 12.6. The number of hydrogen-bond acceptors (Lipinski definition) is 4. The molecule has 0 radical (unpaired) electrons. The number of benzene rings is 2. The number of amides is 1. The highest BCUT2D eigenvalue weighted by Crippen LogP contribution is 2.35. The van der Waals surface area contributed by atoms with Crippen LogP contribution < -0.4 is 10.0 Å². The third-order valence-electron chi connectivity index (χ3n) is 4.99. The van der Waals surface area contributed by atoms with Crippen LogP contribution >= 0.6 is 0 Å². The quantitative estimate of drug-likeness (QED) is 0.592. The van der Waals surface area contributed by atoms with Crippen LogP contribution in [0.1, 0.15) is 48.3 Å². The molecule has 4 rings (SSSR count). The van der Waals surface area contributed by atoms with E-state index in [4.69, 9.17) is 0 Å². The summed E-state index contributed by atoms with van der Waals surface area (Å²) >= 11 is 0. The minimum Gasteiger partial charge on any atom is -0.342 e. The summed E-state index contributed by atoms with van der Waals surface area (Å²) in [5, 5.41) is 2.83. The van der Waals surface area contributed by atoms with Crippen molar-refractivity contribution in [2.45, 2.75) is 37.0 Å². The molecule has 0 unspecified atom stereocenters. The zero-order valence-electron chi connectivity index (χ0n) is 15.5. The Morgan fingerprint density at radius 1 is 1.21 bits per heavy atom. The van der Waals surface area contributed by atoms with E-state index in [0.29, 0.717) is 11.6 Å². The number of carbonyl (C=O) groups is 1. The first-order valence-corrected chi connectivity index (χ1v) is 10.9. The predicted octanol–water partition coefficient (Wildman–Crippen LogP) is 3.38. The van der Waals surface area contributed by atoms with E-state index in [1.54, 1.807) is 25.1 Å². The predicted molar refractivity (Wildman–Crippen MR) is 108 cm³/mol. The number of hydrogen-bond donors (Lipinski definition) is 3. The molecule has 1 fully saturated rings. The van der Waals surface area contributed by atoms with Crippen molar-refractivity contribution in [3.05, 3.63) is 53.9 Å². The lowest BCUT2D eigenvalue weighted by atomic mass is 9.85. The Morgan fingerprint density at radius 2 is 2.04 bits per heavy atom. The number of nitrogens with one attached hydrogen (secondary N) is 3. The number of aromatic amines is 1. The van der Waals surface area contributed by atoms with Gasteiger partial charge in [0.2, 0.25) is 10.0 Å². The number of imidazole rings is 1. The van der Waals surface area contributed by atoms with Gasteiger partial charge in [-0.3, -0.25) is 4.79 Å². The average molecular weight is 398 g/mol. The summed E-state index contributed by atoms with van der Waals surface area (Å²) in [6.07, 6.45) is 3.57. The smallest absolute Gasteiger partial charge is 0.255 e. The number of anilines is 1. The van der Waals surface area contributed by atoms with Crippen LogP contribution in [-0.2, 0) is 10.0 Å². The van der Waals surface area contributed by atoms with Gasteiger partial charge in [-0.15, -0.1) is 0 Å². The maximum atomic E-state index is 12.6. The molecule has 0 saturated heterocycles. The van der Waals surface area contributed by atoms with Crippen molar-refractivity contribution in [2.24, 2.45) is 0 Å². The van der Waals surface area contributed by atoms with Crippen LogP contribution in [0.3, 0.4) is 0 Å². The van der Waals surface area contributed by atoms with Gasteiger partial charge in [-0.1, -0.05) is 19.4 Å². The fourth-order valence-electron chi connectivity index (χ4n) is 3.26. The molecule has 1 amide bonds. The van der Waals surface area contributed by atoms with E-state index >= 15 is 0 Å². The number of H-pyrrole nitrogens is 1. The Morgan fingerprint density at radius 3 is 2.75 bits per heavy atom. The zero-order valence-corrected chi connectivity index (χ0v) is 16.3. The molecule has 3 N–H and O–H groups in total. The van der Waals surface area contributed by atoms with Crippen molar-refractivity contribution in [2.75, 3.05) is 11.9 Å². The summed E-state index contributed by atoms with van der Waals surface area (Å²) in [6, 6.07) is 11.5. The molecule has 28 heavy (non-hydrogen) atoms. The molecule has 0 spiro atoms. The summed E-state index contributed by atoms with van der Waals surface area (Å²) in [4.78, 5) is 20.6. The molecule has 8 heteroatoms. The molecular weight excluding hydrogens is 376 g/mol. The normalized spacial score (nSPS) is 14.8. The molecule has 1 aliphatic carbocycles. The monoisotopic (exact) mass is 398 g/mol. The first-order valence-electron chi connectivity index (χ1n) is 9.37. The van der Waals surface area contributed by atoms with Crippen molar-refractivity contribution in [1.29, 1.82) is 0 Å². The molecule has 7 nitrogen and oxygen atoms in total. The van der Waals surface area contributed by atoms with Crippen LogP contribution in [0.15, 0.2) is 47.4 Å². The van der Waals surface area contributed by atoms with E-state index in [1.807, 2.05) is 12.1 Å². The van der Waals surface area contributed by atoms with Gasteiger partial charge >= 0.3 is 0 Å². The molecule has 1 aliphatic rings. The van der Waals surface area contributed by atoms with Crippen molar-refractivity contribution in [1.82, 2.24) is 14.7 Å². The van der Waals surface area contributed by atoms with Gasteiger partial charge in [0.05, 0.1) is 15.9 Å². The van der Waals surface area contributed by atoms with Crippen LogP contribution in [0, 0.1) is 0 Å². The Hall–Kier alpha value is -2.71. The Bertz CT molecular complexity index is 1130. The minimum atomic E-state index is -3.61. The van der Waals surface area contributed by atoms with Gasteiger partial charge < -0.3 is 10.3 Å². The first-order chi connectivity index (χ1) is 13.5. The first kappa shape index (κ1) is 18.6. The number of nitrogens with zero attached hydrogens (tertiary/aromatic N) is 1. The number of sulfonamides is 1. The standard InChI is InChI=1S/C20H22N4O3S/c1-2-21-28(26,27)16-8-4-7-14(11-16)20(25)22-15-9-10-17-18(12-15)24-19(23-17)13-5-3-6-13/h4,7-13,21H,2-3,5-6H2,1H3,(H,22,25)(H,23,24). The molecule has 146 valence electrons. The topological polar surface area (TPSA) is 104 Å². The minimum absolute atomic E-state index is 0.0659. The summed E-state index contributed by atoms with van der Waals surface area (Å²) in [7, 11) is -3.61. The zero-order chi connectivity index (χ0) is 19.7. The molecule has 0 bridgehead atoms. The second-order valence-corrected chi connectivity index (χ2v) is 8.73. The summed E-state index contributed by atoms with van der Waals surface area (Å²) < 4.78 is 26.7. The maximum Gasteiger partial charge on any atom is 0.255 e. The van der Waals surface area contributed by atoms with Crippen molar-refractivity contribution >= 4 is 32.7 Å². The van der Waals surface area contributed by atoms with E-state index in [-0.39, 0.29) is 22.9 Å². The van der Waals surface area contributed by atoms with Crippen molar-refractivity contribution in [3.63, 3.8) is 0 Å². The van der Waals surface area contributed by atoms with Crippen LogP contribution in [0.4, 0.5) is 5.69 Å². The lowest BCUT2D eigenvalue weighted by Crippen LogP contribution is -2.23. The number of fused-ring (bicyclic) bond motifs is 1. The molecular formula is C20H22N4O3S. The largest absolute Gasteiger partial charge is 0.342 e. The summed E-state index contributed by atoms with van der Waals surface area (Å²) in [5.74, 6) is 1.14. The highest BCUT2D eigenvalue weighted by atomic mass is 32.2. The fraction of sp³-hybridized carbons (Fsp3) is 0.300. The molecule has 1 aromatic heterocycles. The highest BCUT2D eigenvalue weighted by molar-refractivity contribution is 7.89. The van der Waals surface area contributed by atoms with E-state index in [9.17, 15) is 13.2 Å². The molecule has 0 atom stereocenters. The number of carbonyl (C=O) groups excluding carboxylic acids is 1. The van der Waals surface area contributed by atoms with Gasteiger partial charge in [-0.25, -0.2) is 18.1 Å². The third kappa shape index (κ3) is 3.65. The number of rotatable bonds is 6. The van der Waals surface area contributed by atoms with Gasteiger partial charge in [-0.2, -0.15) is 0 Å². The fourth-order valence-corrected chi connectivity index (χ4v) is 4.35. The van der Waals surface area contributed by atoms with Crippen molar-refractivity contribution in [3.8, 4) is 0 Å². The summed E-state index contributed by atoms with van der Waals surface area (Å²) in [6.45, 7) is 1.99. The lowest BCUT2D eigenvalue weighted by Gasteiger charge is -2.22. The van der Waals surface area contributed by atoms with Crippen LogP contribution in [-0.4, -0.2) is 30.8 Å². The SMILES string of the molecule is CCNS(=O)(=O)c1cccc(C(=O)Nc2ccc3nc(C4CCC4)[nH]c3c2)c1. The Balaban J connectivity index is 1.54. The van der Waals surface area contributed by atoms with E-state index in [2.05, 4.69) is 20.0 Å². The Kier molecular flexibility index (Phi) is 4.91. The van der Waals surface area contributed by atoms with Crippen LogP contribution in [0.2, 0.25) is 0 Å². The average Bonchev–Trinajstić information content (AvgIpc) is 3.02. The second kappa shape index (κ2) is 7.37. The van der Waals surface area contributed by atoms with E-state index in [0.717, 1.165) is 29.7 Å². The molecule has 1 heterocycles.